The molecule has 19 heavy (non-hydrogen) atoms. The van der Waals surface area contributed by atoms with Crippen LogP contribution in [0.2, 0.25) is 0 Å². The van der Waals surface area contributed by atoms with E-state index in [0.717, 1.165) is 10.0 Å². The van der Waals surface area contributed by atoms with Gasteiger partial charge in [0, 0.05) is 21.6 Å². The van der Waals surface area contributed by atoms with Gasteiger partial charge in [0.1, 0.15) is 18.2 Å². The van der Waals surface area contributed by atoms with Gasteiger partial charge < -0.3 is 10.5 Å². The van der Waals surface area contributed by atoms with Crippen LogP contribution in [0, 0.1) is 5.82 Å². The van der Waals surface area contributed by atoms with Crippen molar-refractivity contribution in [1.82, 2.24) is 0 Å². The van der Waals surface area contributed by atoms with E-state index in [9.17, 15) is 4.39 Å². The zero-order chi connectivity index (χ0) is 13.8. The Morgan fingerprint density at radius 2 is 1.95 bits per heavy atom. The number of halogens is 2. The first-order valence-electron chi connectivity index (χ1n) is 6.00. The first kappa shape index (κ1) is 14.0. The molecule has 2 aromatic carbocycles. The second kappa shape index (κ2) is 6.17. The lowest BCUT2D eigenvalue weighted by molar-refractivity contribution is 0.298. The van der Waals surface area contributed by atoms with E-state index in [0.29, 0.717) is 17.9 Å². The van der Waals surface area contributed by atoms with Crippen LogP contribution < -0.4 is 10.5 Å². The van der Waals surface area contributed by atoms with Gasteiger partial charge in [0.05, 0.1) is 0 Å². The number of ether oxygens (including phenoxy) is 1. The molecule has 2 N–H and O–H groups in total. The summed E-state index contributed by atoms with van der Waals surface area (Å²) in [7, 11) is 0. The predicted molar refractivity (Wildman–Crippen MR) is 77.5 cm³/mol. The lowest BCUT2D eigenvalue weighted by Gasteiger charge is -2.15. The van der Waals surface area contributed by atoms with Crippen LogP contribution in [0.3, 0.4) is 0 Å². The van der Waals surface area contributed by atoms with Crippen molar-refractivity contribution in [1.29, 1.82) is 0 Å². The number of hydrogen-bond donors (Lipinski definition) is 1. The lowest BCUT2D eigenvalue weighted by Crippen LogP contribution is -2.10. The van der Waals surface area contributed by atoms with Crippen LogP contribution in [-0.2, 0) is 6.61 Å². The lowest BCUT2D eigenvalue weighted by atomic mass is 10.1. The van der Waals surface area contributed by atoms with Gasteiger partial charge in [-0.1, -0.05) is 40.2 Å². The average Bonchev–Trinajstić information content (AvgIpc) is 2.37. The Balaban J connectivity index is 2.21. The monoisotopic (exact) mass is 323 g/mol. The predicted octanol–water partition coefficient (Wildman–Crippen LogP) is 4.19. The molecule has 100 valence electrons. The van der Waals surface area contributed by atoms with Crippen molar-refractivity contribution < 1.29 is 9.13 Å². The van der Waals surface area contributed by atoms with Crippen molar-refractivity contribution >= 4 is 15.9 Å². The molecule has 0 saturated heterocycles. The normalized spacial score (nSPS) is 12.2. The highest BCUT2D eigenvalue weighted by Gasteiger charge is 2.13. The molecule has 1 atom stereocenters. The largest absolute Gasteiger partial charge is 0.488 e. The van der Waals surface area contributed by atoms with Crippen molar-refractivity contribution in [3.63, 3.8) is 0 Å². The summed E-state index contributed by atoms with van der Waals surface area (Å²) < 4.78 is 20.4. The molecule has 2 nitrogen and oxygen atoms in total. The maximum atomic E-state index is 13.7. The Kier molecular flexibility index (Phi) is 4.56. The Morgan fingerprint density at radius 3 is 2.63 bits per heavy atom. The van der Waals surface area contributed by atoms with E-state index in [1.54, 1.807) is 19.1 Å². The van der Waals surface area contributed by atoms with E-state index in [2.05, 4.69) is 15.9 Å². The molecule has 0 aliphatic heterocycles. The maximum absolute atomic E-state index is 13.7. The molecular formula is C15H15BrFNO. The van der Waals surface area contributed by atoms with Crippen molar-refractivity contribution in [3.8, 4) is 5.75 Å². The molecule has 0 aromatic heterocycles. The van der Waals surface area contributed by atoms with Crippen LogP contribution in [0.15, 0.2) is 46.9 Å². The first-order chi connectivity index (χ1) is 9.09. The highest BCUT2D eigenvalue weighted by molar-refractivity contribution is 9.10. The van der Waals surface area contributed by atoms with Crippen LogP contribution in [0.4, 0.5) is 4.39 Å². The van der Waals surface area contributed by atoms with Crippen molar-refractivity contribution in [2.24, 2.45) is 5.73 Å². The van der Waals surface area contributed by atoms with E-state index in [-0.39, 0.29) is 5.82 Å². The molecular weight excluding hydrogens is 309 g/mol. The maximum Gasteiger partial charge on any atom is 0.131 e. The number of benzene rings is 2. The van der Waals surface area contributed by atoms with E-state index < -0.39 is 6.04 Å². The molecule has 0 bridgehead atoms. The zero-order valence-electron chi connectivity index (χ0n) is 10.6. The highest BCUT2D eigenvalue weighted by Crippen LogP contribution is 2.28. The third-order valence-corrected chi connectivity index (χ3v) is 3.58. The van der Waals surface area contributed by atoms with Crippen molar-refractivity contribution in [3.05, 3.63) is 63.9 Å². The van der Waals surface area contributed by atoms with E-state index in [1.165, 1.54) is 6.07 Å². The molecule has 0 heterocycles. The summed E-state index contributed by atoms with van der Waals surface area (Å²) in [5, 5.41) is 0. The van der Waals surface area contributed by atoms with Gasteiger partial charge in [-0.05, 0) is 25.1 Å². The molecule has 1 unspecified atom stereocenters. The summed E-state index contributed by atoms with van der Waals surface area (Å²) in [6, 6.07) is 12.1. The number of nitrogens with two attached hydrogens (primary N) is 1. The SMILES string of the molecule is CC(N)c1c(F)cccc1OCc1ccccc1Br. The highest BCUT2D eigenvalue weighted by atomic mass is 79.9. The van der Waals surface area contributed by atoms with Gasteiger partial charge in [0.2, 0.25) is 0 Å². The Labute approximate surface area is 120 Å². The van der Waals surface area contributed by atoms with E-state index >= 15 is 0 Å². The van der Waals surface area contributed by atoms with Gasteiger partial charge in [-0.3, -0.25) is 0 Å². The fourth-order valence-electron chi connectivity index (χ4n) is 1.86. The molecule has 0 spiro atoms. The van der Waals surface area contributed by atoms with E-state index in [1.807, 2.05) is 24.3 Å². The molecule has 0 saturated carbocycles. The molecule has 0 aliphatic rings. The smallest absolute Gasteiger partial charge is 0.131 e. The second-order valence-electron chi connectivity index (χ2n) is 4.32. The summed E-state index contributed by atoms with van der Waals surface area (Å²) in [6.07, 6.45) is 0. The molecule has 0 amide bonds. The molecule has 0 aliphatic carbocycles. The van der Waals surface area contributed by atoms with Crippen molar-refractivity contribution in [2.75, 3.05) is 0 Å². The number of hydrogen-bond acceptors (Lipinski definition) is 2. The third kappa shape index (κ3) is 3.33. The topological polar surface area (TPSA) is 35.2 Å². The minimum atomic E-state index is -0.407. The van der Waals surface area contributed by atoms with Gasteiger partial charge in [0.25, 0.3) is 0 Å². The minimum absolute atomic E-state index is 0.334. The molecule has 4 heteroatoms. The van der Waals surface area contributed by atoms with Crippen LogP contribution in [0.5, 0.6) is 5.75 Å². The summed E-state index contributed by atoms with van der Waals surface area (Å²) in [5.41, 5.74) is 7.20. The molecule has 0 radical (unpaired) electrons. The van der Waals surface area contributed by atoms with Crippen molar-refractivity contribution in [2.45, 2.75) is 19.6 Å². The Bertz CT molecular complexity index is 572. The fraction of sp³-hybridized carbons (Fsp3) is 0.200. The first-order valence-corrected chi connectivity index (χ1v) is 6.79. The molecule has 0 fully saturated rings. The van der Waals surface area contributed by atoms with Gasteiger partial charge in [-0.25, -0.2) is 4.39 Å². The summed E-state index contributed by atoms with van der Waals surface area (Å²) in [5.74, 6) is 0.158. The summed E-state index contributed by atoms with van der Waals surface area (Å²) in [6.45, 7) is 2.11. The summed E-state index contributed by atoms with van der Waals surface area (Å²) in [4.78, 5) is 0. The Hall–Kier alpha value is -1.39. The van der Waals surface area contributed by atoms with E-state index in [4.69, 9.17) is 10.5 Å². The average molecular weight is 324 g/mol. The van der Waals surface area contributed by atoms with Crippen LogP contribution >= 0.6 is 15.9 Å². The summed E-state index contributed by atoms with van der Waals surface area (Å²) >= 11 is 3.45. The van der Waals surface area contributed by atoms with Crippen LogP contribution in [0.25, 0.3) is 0 Å². The van der Waals surface area contributed by atoms with Crippen LogP contribution in [-0.4, -0.2) is 0 Å². The quantitative estimate of drug-likeness (QED) is 0.915. The second-order valence-corrected chi connectivity index (χ2v) is 5.17. The third-order valence-electron chi connectivity index (χ3n) is 2.81. The van der Waals surface area contributed by atoms with Crippen LogP contribution in [0.1, 0.15) is 24.1 Å². The fourth-order valence-corrected chi connectivity index (χ4v) is 2.26. The zero-order valence-corrected chi connectivity index (χ0v) is 12.2. The molecule has 2 rings (SSSR count). The van der Waals surface area contributed by atoms with Gasteiger partial charge in [-0.2, -0.15) is 0 Å². The van der Waals surface area contributed by atoms with Gasteiger partial charge in [0.15, 0.2) is 0 Å². The van der Waals surface area contributed by atoms with Gasteiger partial charge in [-0.15, -0.1) is 0 Å². The minimum Gasteiger partial charge on any atom is -0.488 e. The Morgan fingerprint density at radius 1 is 1.21 bits per heavy atom. The number of rotatable bonds is 4. The standard InChI is InChI=1S/C15H15BrFNO/c1-10(18)15-13(17)7-4-8-14(15)19-9-11-5-2-3-6-12(11)16/h2-8,10H,9,18H2,1H3. The van der Waals surface area contributed by atoms with Gasteiger partial charge >= 0.3 is 0 Å². The molecule has 2 aromatic rings.